The Morgan fingerprint density at radius 1 is 0.636 bits per heavy atom. The molecule has 0 amide bonds. The van der Waals surface area contributed by atoms with Crippen molar-refractivity contribution in [3.63, 3.8) is 0 Å². The quantitative estimate of drug-likeness (QED) is 0.343. The molecule has 0 aromatic heterocycles. The van der Waals surface area contributed by atoms with Crippen molar-refractivity contribution >= 4 is 31.0 Å². The number of carbonyl (C=O) groups is 5. The minimum absolute atomic E-state index is 0. The molecule has 0 aliphatic rings. The molecule has 0 aliphatic carbocycles. The van der Waals surface area contributed by atoms with Gasteiger partial charge in [0.2, 0.25) is 0 Å². The Kier molecular flexibility index (Phi) is 382. The Bertz CT molecular complexity index is 248. The Morgan fingerprint density at radius 3 is 0.697 bits per heavy atom. The Labute approximate surface area is 200 Å². The fourth-order valence-corrected chi connectivity index (χ4v) is 0. The molecule has 0 heterocycles. The van der Waals surface area contributed by atoms with Crippen LogP contribution in [0.4, 0.5) is 0 Å². The van der Waals surface area contributed by atoms with Gasteiger partial charge in [0.15, 0.2) is 0 Å². The maximum Gasteiger partial charge on any atom is 0.302 e. The summed E-state index contributed by atoms with van der Waals surface area (Å²) in [6, 6.07) is 0. The topological polar surface area (TPSA) is 192 Å². The van der Waals surface area contributed by atoms with Crippen LogP contribution in [0.5, 0.6) is 0 Å². The molecule has 0 spiro atoms. The van der Waals surface area contributed by atoms with Gasteiger partial charge in [0, 0.05) is 70.7 Å². The minimum Gasteiger partial charge on any atom is -0.481 e. The summed E-state index contributed by atoms with van der Waals surface area (Å²) in [4.78, 5) is 45.2. The van der Waals surface area contributed by atoms with Crippen molar-refractivity contribution in [1.82, 2.24) is 0 Å². The number of aliphatic hydroxyl groups excluding tert-OH is 2. The predicted molar refractivity (Wildman–Crippen MR) is 129 cm³/mol. The molecule has 0 aromatic rings. The molecule has 13 nitrogen and oxygen atoms in total. The summed E-state index contributed by atoms with van der Waals surface area (Å²) in [5.74, 6) is -1.08. The van der Waals surface area contributed by atoms with Crippen LogP contribution in [0.15, 0.2) is 0 Å². The van der Waals surface area contributed by atoms with Gasteiger partial charge < -0.3 is 48.6 Å². The van der Waals surface area contributed by atoms with E-state index in [0.29, 0.717) is 6.47 Å². The number of carbonyl (C=O) groups excluding carboxylic acids is 4. The third kappa shape index (κ3) is 74100. The molecular formula is C20H52O13. The van der Waals surface area contributed by atoms with Crippen LogP contribution in [-0.2, 0) is 47.7 Å². The molecule has 210 valence electrons. The lowest BCUT2D eigenvalue weighted by Gasteiger charge is -1.80. The highest BCUT2D eigenvalue weighted by Crippen LogP contribution is 1.60. The summed E-state index contributed by atoms with van der Waals surface area (Å²) < 4.78 is 20.7. The first-order chi connectivity index (χ1) is 15.0. The third-order valence-electron chi connectivity index (χ3n) is 0.384. The largest absolute Gasteiger partial charge is 0.481 e. The lowest BCUT2D eigenvalue weighted by atomic mass is 10.8. The number of rotatable bonds is 1. The van der Waals surface area contributed by atoms with Crippen LogP contribution in [0.2, 0.25) is 0 Å². The summed E-state index contributed by atoms with van der Waals surface area (Å²) in [6.07, 6.45) is 1.50. The van der Waals surface area contributed by atoms with E-state index in [4.69, 9.17) is 34.5 Å². The summed E-state index contributed by atoms with van der Waals surface area (Å²) >= 11 is 0. The summed E-state index contributed by atoms with van der Waals surface area (Å²) in [5.41, 5.74) is 0. The molecule has 0 bridgehead atoms. The van der Waals surface area contributed by atoms with Crippen LogP contribution in [-0.4, -0.2) is 117 Å². The molecule has 13 heteroatoms. The van der Waals surface area contributed by atoms with E-state index >= 15 is 0 Å². The summed E-state index contributed by atoms with van der Waals surface area (Å²) in [7, 11) is 14.4. The van der Waals surface area contributed by atoms with Crippen molar-refractivity contribution in [3.05, 3.63) is 0 Å². The monoisotopic (exact) mass is 500 g/mol. The van der Waals surface area contributed by atoms with Crippen molar-refractivity contribution < 1.29 is 63.0 Å². The number of aldehydes is 2. The van der Waals surface area contributed by atoms with Crippen molar-refractivity contribution in [2.24, 2.45) is 0 Å². The maximum absolute atomic E-state index is 9.59. The molecule has 0 rings (SSSR count). The Morgan fingerprint density at radius 2 is 0.697 bits per heavy atom. The lowest BCUT2D eigenvalue weighted by molar-refractivity contribution is -0.138. The van der Waals surface area contributed by atoms with Gasteiger partial charge in [-0.1, -0.05) is 7.43 Å². The fourth-order valence-electron chi connectivity index (χ4n) is 0. The van der Waals surface area contributed by atoms with Crippen LogP contribution in [0.1, 0.15) is 35.1 Å². The van der Waals surface area contributed by atoms with E-state index in [9.17, 15) is 4.79 Å². The number of ether oxygens (including phenoxy) is 5. The molecule has 0 saturated carbocycles. The van der Waals surface area contributed by atoms with Crippen molar-refractivity contribution in [2.75, 3.05) is 71.1 Å². The SMILES string of the molecule is C.CC(=O)O.CC=O.CC=O.CO.CO.COC.COC.COC.COC(C)=O.COC=O. The molecule has 0 saturated heterocycles. The average Bonchev–Trinajstić information content (AvgIpc) is 2.74. The molecule has 3 N–H and O–H groups in total. The van der Waals surface area contributed by atoms with Gasteiger partial charge in [-0.2, -0.15) is 0 Å². The summed E-state index contributed by atoms with van der Waals surface area (Å²) in [6.45, 7) is 5.71. The normalized spacial score (nSPS) is 5.21. The van der Waals surface area contributed by atoms with Gasteiger partial charge in [0.05, 0.1) is 14.2 Å². The molecule has 0 atom stereocenters. The average molecular weight is 501 g/mol. The van der Waals surface area contributed by atoms with Gasteiger partial charge >= 0.3 is 5.97 Å². The van der Waals surface area contributed by atoms with Gasteiger partial charge in [-0.3, -0.25) is 14.4 Å². The molecule has 0 fully saturated rings. The van der Waals surface area contributed by atoms with E-state index in [1.165, 1.54) is 35.0 Å². The fraction of sp³-hybridized carbons (Fsp3) is 0.750. The maximum atomic E-state index is 9.59. The zero-order valence-electron chi connectivity index (χ0n) is 22.2. The molecule has 0 aromatic carbocycles. The van der Waals surface area contributed by atoms with Gasteiger partial charge in [0.1, 0.15) is 12.6 Å². The third-order valence-corrected chi connectivity index (χ3v) is 0.384. The predicted octanol–water partition coefficient (Wildman–Crippen LogP) is 1.11. The number of methoxy groups -OCH3 is 5. The van der Waals surface area contributed by atoms with Crippen LogP contribution in [0.3, 0.4) is 0 Å². The van der Waals surface area contributed by atoms with Crippen LogP contribution in [0.25, 0.3) is 0 Å². The second-order valence-electron chi connectivity index (χ2n) is 3.24. The van der Waals surface area contributed by atoms with Crippen molar-refractivity contribution in [3.8, 4) is 0 Å². The molecule has 0 radical (unpaired) electrons. The van der Waals surface area contributed by atoms with E-state index < -0.39 is 5.97 Å². The second kappa shape index (κ2) is 181. The second-order valence-corrected chi connectivity index (χ2v) is 3.24. The summed E-state index contributed by atoms with van der Waals surface area (Å²) in [5, 5.41) is 21.4. The standard InChI is InChI=1S/C3H6O2.2C2H4O2.3C2H6O.2C2H4O.2CH4O.CH4/c1-3(4)5-2;1-4-2-3;1-2(3)4;3*1-3-2;2*1-2-3;2*1-2;/h1-2H3;2H,1H3;1H3,(H,3,4);3*1-2H3;2*2H,1H3;2*2H,1H3;1H4. The number of carboxylic acids is 1. The Balaban J connectivity index is -0.0000000183. The number of aliphatic hydroxyl groups is 2. The minimum atomic E-state index is -0.833. The first kappa shape index (κ1) is 69.8. The highest BCUT2D eigenvalue weighted by atomic mass is 16.5. The van der Waals surface area contributed by atoms with E-state index in [0.717, 1.165) is 33.7 Å². The zero-order chi connectivity index (χ0) is 28.8. The highest BCUT2D eigenvalue weighted by Gasteiger charge is 1.75. The van der Waals surface area contributed by atoms with Gasteiger partial charge in [-0.05, 0) is 13.8 Å². The number of esters is 1. The number of carboxylic acid groups (broad SMARTS) is 1. The highest BCUT2D eigenvalue weighted by molar-refractivity contribution is 5.65. The van der Waals surface area contributed by atoms with E-state index in [1.54, 1.807) is 42.7 Å². The van der Waals surface area contributed by atoms with Crippen molar-refractivity contribution in [1.29, 1.82) is 0 Å². The Hall–Kier alpha value is -2.45. The van der Waals surface area contributed by atoms with Crippen LogP contribution in [0, 0.1) is 0 Å². The van der Waals surface area contributed by atoms with E-state index in [-0.39, 0.29) is 13.4 Å². The van der Waals surface area contributed by atoms with Gasteiger partial charge in [-0.25, -0.2) is 0 Å². The number of hydrogen-bond acceptors (Lipinski definition) is 12. The van der Waals surface area contributed by atoms with Crippen molar-refractivity contribution in [2.45, 2.75) is 35.1 Å². The zero-order valence-corrected chi connectivity index (χ0v) is 22.2. The van der Waals surface area contributed by atoms with E-state index in [2.05, 4.69) is 23.7 Å². The van der Waals surface area contributed by atoms with Crippen LogP contribution < -0.4 is 0 Å². The number of aliphatic carboxylic acids is 1. The molecule has 33 heavy (non-hydrogen) atoms. The molecular weight excluding hydrogens is 448 g/mol. The molecule has 0 aliphatic heterocycles. The van der Waals surface area contributed by atoms with Gasteiger partial charge in [0.25, 0.3) is 12.4 Å². The lowest BCUT2D eigenvalue weighted by Crippen LogP contribution is -1.88. The first-order valence-electron chi connectivity index (χ1n) is 8.09. The molecule has 0 unspecified atom stereocenters. The van der Waals surface area contributed by atoms with Gasteiger partial charge in [-0.15, -0.1) is 0 Å². The smallest absolute Gasteiger partial charge is 0.302 e. The number of hydrogen-bond donors (Lipinski definition) is 3. The van der Waals surface area contributed by atoms with E-state index in [1.807, 2.05) is 0 Å². The first-order valence-corrected chi connectivity index (χ1v) is 8.09. The van der Waals surface area contributed by atoms with Crippen LogP contribution >= 0.6 is 0 Å².